The molecule has 0 unspecified atom stereocenters. The van der Waals surface area contributed by atoms with Gasteiger partial charge < -0.3 is 10.4 Å². The number of aliphatic hydroxyl groups is 1. The van der Waals surface area contributed by atoms with Gasteiger partial charge in [0.05, 0.1) is 6.10 Å². The molecule has 0 aromatic heterocycles. The van der Waals surface area contributed by atoms with E-state index in [-0.39, 0.29) is 6.10 Å². The summed E-state index contributed by atoms with van der Waals surface area (Å²) >= 11 is 0. The molecule has 2 heteroatoms. The summed E-state index contributed by atoms with van der Waals surface area (Å²) in [6.07, 6.45) is 5.76. The van der Waals surface area contributed by atoms with Gasteiger partial charge in [0.15, 0.2) is 0 Å². The van der Waals surface area contributed by atoms with Crippen molar-refractivity contribution in [2.45, 2.75) is 78.0 Å². The van der Waals surface area contributed by atoms with Crippen LogP contribution < -0.4 is 5.32 Å². The first-order chi connectivity index (χ1) is 7.26. The van der Waals surface area contributed by atoms with Crippen LogP contribution in [0.2, 0.25) is 0 Å². The van der Waals surface area contributed by atoms with E-state index in [0.29, 0.717) is 22.9 Å². The van der Waals surface area contributed by atoms with Crippen molar-refractivity contribution in [3.05, 3.63) is 0 Å². The van der Waals surface area contributed by atoms with E-state index >= 15 is 0 Å². The lowest BCUT2D eigenvalue weighted by molar-refractivity contribution is 0.0325. The van der Waals surface area contributed by atoms with Crippen molar-refractivity contribution in [3.8, 4) is 0 Å². The number of hydrogen-bond acceptors (Lipinski definition) is 2. The molecular formula is C14H27NO. The highest BCUT2D eigenvalue weighted by Crippen LogP contribution is 2.46. The summed E-state index contributed by atoms with van der Waals surface area (Å²) in [5.41, 5.74) is 0.920. The molecule has 0 spiro atoms. The highest BCUT2D eigenvalue weighted by Gasteiger charge is 2.40. The van der Waals surface area contributed by atoms with Crippen LogP contribution in [-0.2, 0) is 0 Å². The minimum atomic E-state index is -0.0397. The van der Waals surface area contributed by atoms with Crippen LogP contribution in [0.25, 0.3) is 0 Å². The number of nitrogens with one attached hydrogen (secondary N) is 1. The maximum absolute atomic E-state index is 9.31. The van der Waals surface area contributed by atoms with E-state index in [4.69, 9.17) is 0 Å². The summed E-state index contributed by atoms with van der Waals surface area (Å²) in [5.74, 6) is 0. The third-order valence-corrected chi connectivity index (χ3v) is 4.14. The van der Waals surface area contributed by atoms with Crippen molar-refractivity contribution in [1.82, 2.24) is 5.32 Å². The third-order valence-electron chi connectivity index (χ3n) is 4.14. The first-order valence-electron chi connectivity index (χ1n) is 6.70. The zero-order valence-corrected chi connectivity index (χ0v) is 11.2. The van der Waals surface area contributed by atoms with Crippen molar-refractivity contribution in [3.63, 3.8) is 0 Å². The molecule has 2 aliphatic carbocycles. The van der Waals surface area contributed by atoms with Crippen molar-refractivity contribution in [2.24, 2.45) is 10.8 Å². The quantitative estimate of drug-likeness (QED) is 0.757. The summed E-state index contributed by atoms with van der Waals surface area (Å²) in [6, 6.07) is 1.22. The number of rotatable bonds is 2. The average molecular weight is 225 g/mol. The fourth-order valence-corrected chi connectivity index (χ4v) is 4.02. The summed E-state index contributed by atoms with van der Waals surface area (Å²) in [7, 11) is 0. The molecule has 0 radical (unpaired) electrons. The molecule has 0 aliphatic heterocycles. The molecule has 0 atom stereocenters. The third kappa shape index (κ3) is 2.98. The fraction of sp³-hybridized carbons (Fsp3) is 1.00. The van der Waals surface area contributed by atoms with Crippen molar-refractivity contribution >= 4 is 0 Å². The SMILES string of the molecule is CC1(C)CC(NC2CC(O)C2)CC(C)(C)C1. The number of hydrogen-bond donors (Lipinski definition) is 2. The lowest BCUT2D eigenvalue weighted by atomic mass is 9.63. The topological polar surface area (TPSA) is 32.3 Å². The van der Waals surface area contributed by atoms with E-state index in [2.05, 4.69) is 33.0 Å². The summed E-state index contributed by atoms with van der Waals surface area (Å²) in [4.78, 5) is 0. The predicted octanol–water partition coefficient (Wildman–Crippen LogP) is 2.70. The molecule has 2 aliphatic rings. The molecule has 0 aromatic carbocycles. The molecule has 94 valence electrons. The van der Waals surface area contributed by atoms with Crippen LogP contribution in [0.3, 0.4) is 0 Å². The standard InChI is InChI=1S/C14H27NO/c1-13(2)7-11(8-14(3,4)9-13)15-10-5-12(16)6-10/h10-12,15-16H,5-9H2,1-4H3. The summed E-state index contributed by atoms with van der Waals surface area (Å²) < 4.78 is 0. The minimum Gasteiger partial charge on any atom is -0.393 e. The zero-order chi connectivity index (χ0) is 12.0. The second kappa shape index (κ2) is 3.99. The van der Waals surface area contributed by atoms with Crippen molar-refractivity contribution in [1.29, 1.82) is 0 Å². The fourth-order valence-electron chi connectivity index (χ4n) is 4.02. The smallest absolute Gasteiger partial charge is 0.0570 e. The first-order valence-corrected chi connectivity index (χ1v) is 6.70. The Labute approximate surface area is 99.8 Å². The largest absolute Gasteiger partial charge is 0.393 e. The van der Waals surface area contributed by atoms with E-state index in [1.807, 2.05) is 0 Å². The van der Waals surface area contributed by atoms with Gasteiger partial charge in [-0.1, -0.05) is 27.7 Å². The van der Waals surface area contributed by atoms with Crippen molar-refractivity contribution in [2.75, 3.05) is 0 Å². The van der Waals surface area contributed by atoms with E-state index in [1.165, 1.54) is 19.3 Å². The van der Waals surface area contributed by atoms with Crippen LogP contribution >= 0.6 is 0 Å². The van der Waals surface area contributed by atoms with Gasteiger partial charge in [-0.2, -0.15) is 0 Å². The Bertz CT molecular complexity index is 237. The molecular weight excluding hydrogens is 198 g/mol. The second-order valence-corrected chi connectivity index (χ2v) is 7.60. The molecule has 2 nitrogen and oxygen atoms in total. The van der Waals surface area contributed by atoms with Gasteiger partial charge in [0.1, 0.15) is 0 Å². The van der Waals surface area contributed by atoms with Crippen LogP contribution in [0.5, 0.6) is 0 Å². The molecule has 2 fully saturated rings. The molecule has 0 heterocycles. The average Bonchev–Trinajstić information content (AvgIpc) is 1.94. The maximum atomic E-state index is 9.31. The molecule has 0 bridgehead atoms. The molecule has 2 rings (SSSR count). The van der Waals surface area contributed by atoms with Gasteiger partial charge in [-0.05, 0) is 42.9 Å². The van der Waals surface area contributed by atoms with Crippen LogP contribution in [-0.4, -0.2) is 23.3 Å². The Morgan fingerprint density at radius 1 is 0.938 bits per heavy atom. The van der Waals surface area contributed by atoms with Gasteiger partial charge in [-0.3, -0.25) is 0 Å². The maximum Gasteiger partial charge on any atom is 0.0570 e. The van der Waals surface area contributed by atoms with Crippen LogP contribution in [0.4, 0.5) is 0 Å². The van der Waals surface area contributed by atoms with E-state index in [1.54, 1.807) is 0 Å². The highest BCUT2D eigenvalue weighted by molar-refractivity contribution is 4.95. The van der Waals surface area contributed by atoms with E-state index < -0.39 is 0 Å². The van der Waals surface area contributed by atoms with Gasteiger partial charge >= 0.3 is 0 Å². The van der Waals surface area contributed by atoms with Crippen LogP contribution in [0, 0.1) is 10.8 Å². The molecule has 0 aromatic rings. The lowest BCUT2D eigenvalue weighted by Gasteiger charge is -2.47. The van der Waals surface area contributed by atoms with E-state index in [9.17, 15) is 5.11 Å². The Morgan fingerprint density at radius 2 is 1.44 bits per heavy atom. The molecule has 2 N–H and O–H groups in total. The van der Waals surface area contributed by atoms with Gasteiger partial charge in [0.2, 0.25) is 0 Å². The monoisotopic (exact) mass is 225 g/mol. The first kappa shape index (κ1) is 12.4. The van der Waals surface area contributed by atoms with Gasteiger partial charge in [0, 0.05) is 12.1 Å². The lowest BCUT2D eigenvalue weighted by Crippen LogP contribution is -2.52. The van der Waals surface area contributed by atoms with Gasteiger partial charge in [-0.25, -0.2) is 0 Å². The molecule has 2 saturated carbocycles. The summed E-state index contributed by atoms with van der Waals surface area (Å²) in [6.45, 7) is 9.55. The molecule has 0 saturated heterocycles. The summed E-state index contributed by atoms with van der Waals surface area (Å²) in [5, 5.41) is 13.1. The Morgan fingerprint density at radius 3 is 1.88 bits per heavy atom. The van der Waals surface area contributed by atoms with Crippen LogP contribution in [0.15, 0.2) is 0 Å². The number of aliphatic hydroxyl groups excluding tert-OH is 1. The predicted molar refractivity (Wildman–Crippen MR) is 67.4 cm³/mol. The highest BCUT2D eigenvalue weighted by atomic mass is 16.3. The van der Waals surface area contributed by atoms with Crippen LogP contribution in [0.1, 0.15) is 59.8 Å². The minimum absolute atomic E-state index is 0.0397. The second-order valence-electron chi connectivity index (χ2n) is 7.60. The van der Waals surface area contributed by atoms with Crippen molar-refractivity contribution < 1.29 is 5.11 Å². The molecule has 0 amide bonds. The zero-order valence-electron chi connectivity index (χ0n) is 11.2. The Kier molecular flexibility index (Phi) is 3.09. The molecule has 16 heavy (non-hydrogen) atoms. The Hall–Kier alpha value is -0.0800. The normalized spacial score (nSPS) is 38.1. The van der Waals surface area contributed by atoms with Gasteiger partial charge in [0.25, 0.3) is 0 Å². The Balaban J connectivity index is 1.89. The van der Waals surface area contributed by atoms with E-state index in [0.717, 1.165) is 12.8 Å². The van der Waals surface area contributed by atoms with Gasteiger partial charge in [-0.15, -0.1) is 0 Å².